The first kappa shape index (κ1) is 35.1. The smallest absolute Gasteiger partial charge is 0.225 e. The monoisotopic (exact) mass is 686 g/mol. The number of hydrogen-bond donors (Lipinski definition) is 1. The molecule has 0 amide bonds. The number of ether oxygens (including phenoxy) is 6. The maximum absolute atomic E-state index is 11.2. The topological polar surface area (TPSA) is 75.6 Å². The van der Waals surface area contributed by atoms with Crippen LogP contribution in [0.5, 0.6) is 5.75 Å². The zero-order valence-electron chi connectivity index (χ0n) is 29.3. The molecule has 5 unspecified atom stereocenters. The van der Waals surface area contributed by atoms with Gasteiger partial charge in [0.2, 0.25) is 5.79 Å². The van der Waals surface area contributed by atoms with Crippen LogP contribution in [0.15, 0.2) is 133 Å². The van der Waals surface area contributed by atoms with Crippen molar-refractivity contribution in [3.05, 3.63) is 172 Å². The summed E-state index contributed by atoms with van der Waals surface area (Å²) in [6, 6.07) is 44.6. The molecule has 5 aromatic rings. The van der Waals surface area contributed by atoms with Crippen LogP contribution in [-0.2, 0) is 55.7 Å². The van der Waals surface area contributed by atoms with Gasteiger partial charge in [0.25, 0.3) is 0 Å². The SMILES string of the molecule is CCOc1ccc(Cc2cc(C34OCC(CO)(O3)C(OCc3ccccc3)C(OCc3ccccc3)C4OCc3ccccc3)ccc2C)cc1. The Morgan fingerprint density at radius 1 is 0.667 bits per heavy atom. The summed E-state index contributed by atoms with van der Waals surface area (Å²) < 4.78 is 40.1. The minimum Gasteiger partial charge on any atom is -0.494 e. The van der Waals surface area contributed by atoms with Crippen molar-refractivity contribution in [1.29, 1.82) is 0 Å². The van der Waals surface area contributed by atoms with Crippen LogP contribution in [0.1, 0.15) is 45.9 Å². The summed E-state index contributed by atoms with van der Waals surface area (Å²) in [5.74, 6) is -0.530. The zero-order valence-corrected chi connectivity index (χ0v) is 29.3. The van der Waals surface area contributed by atoms with Crippen LogP contribution in [0, 0.1) is 6.92 Å². The molecule has 0 radical (unpaired) electrons. The molecule has 0 aromatic heterocycles. The van der Waals surface area contributed by atoms with E-state index in [2.05, 4.69) is 31.2 Å². The molecule has 0 saturated carbocycles. The molecule has 2 aliphatic heterocycles. The van der Waals surface area contributed by atoms with Crippen molar-refractivity contribution in [2.75, 3.05) is 19.8 Å². The highest BCUT2D eigenvalue weighted by atomic mass is 16.8. The fourth-order valence-corrected chi connectivity index (χ4v) is 7.10. The van der Waals surface area contributed by atoms with Crippen LogP contribution in [0.3, 0.4) is 0 Å². The fraction of sp³-hybridized carbons (Fsp3) is 0.318. The average molecular weight is 687 g/mol. The Hall–Kier alpha value is -4.34. The van der Waals surface area contributed by atoms with Crippen molar-refractivity contribution in [3.63, 3.8) is 0 Å². The Kier molecular flexibility index (Phi) is 10.9. The molecule has 7 nitrogen and oxygen atoms in total. The van der Waals surface area contributed by atoms with Crippen molar-refractivity contribution >= 4 is 0 Å². The van der Waals surface area contributed by atoms with Gasteiger partial charge < -0.3 is 33.5 Å². The average Bonchev–Trinajstić information content (AvgIpc) is 3.54. The van der Waals surface area contributed by atoms with Crippen molar-refractivity contribution in [2.45, 2.75) is 69.8 Å². The summed E-state index contributed by atoms with van der Waals surface area (Å²) in [6.07, 6.45) is -1.43. The fourth-order valence-electron chi connectivity index (χ4n) is 7.10. The van der Waals surface area contributed by atoms with Crippen LogP contribution in [0.25, 0.3) is 0 Å². The highest BCUT2D eigenvalue weighted by molar-refractivity contribution is 5.40. The van der Waals surface area contributed by atoms with Crippen molar-refractivity contribution in [1.82, 2.24) is 0 Å². The van der Waals surface area contributed by atoms with Gasteiger partial charge in [-0.3, -0.25) is 0 Å². The van der Waals surface area contributed by atoms with Gasteiger partial charge >= 0.3 is 0 Å². The van der Waals surface area contributed by atoms with E-state index in [0.29, 0.717) is 32.8 Å². The van der Waals surface area contributed by atoms with Gasteiger partial charge in [-0.05, 0) is 71.8 Å². The minimum absolute atomic E-state index is 0.0987. The number of fused-ring (bicyclic) bond motifs is 2. The van der Waals surface area contributed by atoms with E-state index in [4.69, 9.17) is 28.4 Å². The lowest BCUT2D eigenvalue weighted by Gasteiger charge is -2.50. The molecular formula is C44H46O7. The number of hydrogen-bond acceptors (Lipinski definition) is 7. The largest absolute Gasteiger partial charge is 0.494 e. The van der Waals surface area contributed by atoms with E-state index in [1.807, 2.05) is 116 Å². The second kappa shape index (κ2) is 15.9. The maximum atomic E-state index is 11.2. The predicted molar refractivity (Wildman–Crippen MR) is 195 cm³/mol. The number of aliphatic hydroxyl groups excluding tert-OH is 1. The molecule has 2 aliphatic rings. The van der Waals surface area contributed by atoms with Gasteiger partial charge in [-0.2, -0.15) is 0 Å². The first-order valence-corrected chi connectivity index (χ1v) is 17.8. The van der Waals surface area contributed by atoms with Gasteiger partial charge in [0.1, 0.15) is 29.7 Å². The molecule has 7 rings (SSSR count). The predicted octanol–water partition coefficient (Wildman–Crippen LogP) is 7.69. The van der Waals surface area contributed by atoms with Crippen LogP contribution in [0.4, 0.5) is 0 Å². The van der Waals surface area contributed by atoms with Gasteiger partial charge in [-0.1, -0.05) is 115 Å². The summed E-state index contributed by atoms with van der Waals surface area (Å²) >= 11 is 0. The van der Waals surface area contributed by atoms with Gasteiger partial charge in [-0.15, -0.1) is 0 Å². The third-order valence-corrected chi connectivity index (χ3v) is 9.85. The molecular weight excluding hydrogens is 640 g/mol. The van der Waals surface area contributed by atoms with E-state index in [1.165, 1.54) is 0 Å². The Morgan fingerprint density at radius 2 is 1.24 bits per heavy atom. The number of aliphatic hydroxyl groups is 1. The third kappa shape index (κ3) is 7.65. The molecule has 0 spiro atoms. The van der Waals surface area contributed by atoms with Crippen LogP contribution in [-0.4, -0.2) is 48.8 Å². The van der Waals surface area contributed by atoms with Crippen molar-refractivity contribution in [3.8, 4) is 5.75 Å². The van der Waals surface area contributed by atoms with Crippen molar-refractivity contribution < 1.29 is 33.5 Å². The Morgan fingerprint density at radius 3 is 1.80 bits per heavy atom. The number of benzene rings is 5. The Labute approximate surface area is 300 Å². The Bertz CT molecular complexity index is 1830. The molecule has 1 N–H and O–H groups in total. The van der Waals surface area contributed by atoms with Gasteiger partial charge in [0.15, 0.2) is 0 Å². The number of aryl methyl sites for hydroxylation is 1. The Balaban J connectivity index is 1.28. The summed E-state index contributed by atoms with van der Waals surface area (Å²) in [7, 11) is 0. The molecule has 5 aromatic carbocycles. The highest BCUT2D eigenvalue weighted by Crippen LogP contribution is 2.53. The number of rotatable bonds is 15. The molecule has 2 bridgehead atoms. The summed E-state index contributed by atoms with van der Waals surface area (Å²) in [4.78, 5) is 0. The lowest BCUT2D eigenvalue weighted by molar-refractivity contribution is -0.353. The van der Waals surface area contributed by atoms with E-state index >= 15 is 0 Å². The van der Waals surface area contributed by atoms with Crippen LogP contribution < -0.4 is 4.74 Å². The molecule has 264 valence electrons. The second-order valence-corrected chi connectivity index (χ2v) is 13.4. The first-order valence-electron chi connectivity index (χ1n) is 17.8. The molecule has 2 heterocycles. The molecule has 2 fully saturated rings. The van der Waals surface area contributed by atoms with E-state index in [-0.39, 0.29) is 13.2 Å². The summed E-state index contributed by atoms with van der Waals surface area (Å²) in [5, 5.41) is 11.2. The lowest BCUT2D eigenvalue weighted by Crippen LogP contribution is -2.67. The second-order valence-electron chi connectivity index (χ2n) is 13.4. The molecule has 51 heavy (non-hydrogen) atoms. The van der Waals surface area contributed by atoms with E-state index in [0.717, 1.165) is 44.7 Å². The van der Waals surface area contributed by atoms with E-state index in [1.54, 1.807) is 0 Å². The van der Waals surface area contributed by atoms with Gasteiger partial charge in [0.05, 0.1) is 39.6 Å². The molecule has 7 heteroatoms. The minimum atomic E-state index is -1.38. The van der Waals surface area contributed by atoms with Crippen molar-refractivity contribution in [2.24, 2.45) is 0 Å². The van der Waals surface area contributed by atoms with Gasteiger partial charge in [0, 0.05) is 5.56 Å². The standard InChI is InChI=1S/C44H46O7/c1-3-46-39-23-20-33(21-24-39)25-37-26-38(22-19-32(37)2)44-42(49-29-36-17-11-6-12-18-36)40(47-27-34-13-7-4-8-14-34)41(43(30-45,51-44)31-50-44)48-28-35-15-9-5-10-16-35/h4-24,26,40-42,45H,3,25,27-31H2,1-2H3. The molecule has 5 atom stereocenters. The summed E-state index contributed by atoms with van der Waals surface area (Å²) in [6.45, 7) is 5.42. The van der Waals surface area contributed by atoms with Crippen LogP contribution >= 0.6 is 0 Å². The lowest BCUT2D eigenvalue weighted by atomic mass is 9.82. The van der Waals surface area contributed by atoms with Crippen LogP contribution in [0.2, 0.25) is 0 Å². The normalized spacial score (nSPS) is 24.0. The van der Waals surface area contributed by atoms with E-state index in [9.17, 15) is 5.11 Å². The highest BCUT2D eigenvalue weighted by Gasteiger charge is 2.69. The quantitative estimate of drug-likeness (QED) is 0.121. The maximum Gasteiger partial charge on any atom is 0.225 e. The zero-order chi connectivity index (χ0) is 35.1. The molecule has 0 aliphatic carbocycles. The third-order valence-electron chi connectivity index (χ3n) is 9.85. The van der Waals surface area contributed by atoms with Gasteiger partial charge in [-0.25, -0.2) is 0 Å². The van der Waals surface area contributed by atoms with E-state index < -0.39 is 29.7 Å². The summed E-state index contributed by atoms with van der Waals surface area (Å²) in [5.41, 5.74) is 6.06. The first-order chi connectivity index (χ1) is 25.0. The molecule has 2 saturated heterocycles.